The van der Waals surface area contributed by atoms with Gasteiger partial charge in [-0.3, -0.25) is 4.79 Å². The van der Waals surface area contributed by atoms with Gasteiger partial charge in [-0.15, -0.1) is 0 Å². The third-order valence-electron chi connectivity index (χ3n) is 4.00. The van der Waals surface area contributed by atoms with Gasteiger partial charge in [-0.1, -0.05) is 11.6 Å². The first-order valence-electron chi connectivity index (χ1n) is 7.84. The van der Waals surface area contributed by atoms with Crippen LogP contribution in [0.25, 0.3) is 0 Å². The molecule has 1 fully saturated rings. The molecule has 5 nitrogen and oxygen atoms in total. The minimum atomic E-state index is -3.78. The average Bonchev–Trinajstić information content (AvgIpc) is 3.11. The lowest BCUT2D eigenvalue weighted by atomic mass is 10.2. The zero-order valence-corrected chi connectivity index (χ0v) is 15.1. The second kappa shape index (κ2) is 7.30. The van der Waals surface area contributed by atoms with E-state index in [1.54, 1.807) is 0 Å². The number of nitrogens with zero attached hydrogens (tertiary/aromatic N) is 1. The quantitative estimate of drug-likeness (QED) is 0.851. The molecule has 0 spiro atoms. The second-order valence-electron chi connectivity index (χ2n) is 5.87. The smallest absolute Gasteiger partial charge is 0.255 e. The fraction of sp³-hybridized carbons (Fsp3) is 0.235. The zero-order valence-electron chi connectivity index (χ0n) is 13.5. The van der Waals surface area contributed by atoms with Crippen molar-refractivity contribution in [1.29, 1.82) is 0 Å². The van der Waals surface area contributed by atoms with Gasteiger partial charge in [0.05, 0.1) is 5.02 Å². The van der Waals surface area contributed by atoms with Crippen molar-refractivity contribution in [2.45, 2.75) is 17.7 Å². The molecule has 138 valence electrons. The normalized spacial score (nSPS) is 15.2. The van der Waals surface area contributed by atoms with Gasteiger partial charge in [-0.25, -0.2) is 17.2 Å². The Kier molecular flexibility index (Phi) is 5.27. The largest absolute Gasteiger partial charge is 0.322 e. The van der Waals surface area contributed by atoms with E-state index in [1.165, 1.54) is 22.5 Å². The van der Waals surface area contributed by atoms with Crippen LogP contribution >= 0.6 is 11.6 Å². The maximum absolute atomic E-state index is 13.3. The topological polar surface area (TPSA) is 66.5 Å². The van der Waals surface area contributed by atoms with Gasteiger partial charge in [0.1, 0.15) is 16.5 Å². The van der Waals surface area contributed by atoms with Crippen LogP contribution in [-0.2, 0) is 10.0 Å². The van der Waals surface area contributed by atoms with Crippen molar-refractivity contribution in [2.24, 2.45) is 0 Å². The lowest BCUT2D eigenvalue weighted by Crippen LogP contribution is -2.28. The summed E-state index contributed by atoms with van der Waals surface area (Å²) in [4.78, 5) is 12.1. The highest BCUT2D eigenvalue weighted by Crippen LogP contribution is 2.29. The van der Waals surface area contributed by atoms with Crippen molar-refractivity contribution in [3.8, 4) is 0 Å². The van der Waals surface area contributed by atoms with E-state index in [0.717, 1.165) is 25.0 Å². The number of hydrogen-bond donors (Lipinski definition) is 1. The highest BCUT2D eigenvalue weighted by atomic mass is 35.5. The van der Waals surface area contributed by atoms with Crippen LogP contribution in [0, 0.1) is 11.6 Å². The SMILES string of the molecule is O=C(Nc1ccc(Cl)c(S(=O)(=O)N2CCCC2)c1)c1cc(F)cc(F)c1. The Bertz CT molecular complexity index is 940. The summed E-state index contributed by atoms with van der Waals surface area (Å²) in [6.45, 7) is 0.829. The Hall–Kier alpha value is -2.03. The molecule has 0 aliphatic carbocycles. The number of amides is 1. The summed E-state index contributed by atoms with van der Waals surface area (Å²) in [7, 11) is -3.78. The molecule has 1 saturated heterocycles. The van der Waals surface area contributed by atoms with E-state index in [9.17, 15) is 22.0 Å². The molecule has 1 N–H and O–H groups in total. The van der Waals surface area contributed by atoms with E-state index in [4.69, 9.17) is 11.6 Å². The minimum Gasteiger partial charge on any atom is -0.322 e. The molecule has 26 heavy (non-hydrogen) atoms. The molecule has 1 aliphatic rings. The van der Waals surface area contributed by atoms with Gasteiger partial charge in [0.2, 0.25) is 10.0 Å². The molecule has 2 aromatic carbocycles. The minimum absolute atomic E-state index is 0.0340. The first-order chi connectivity index (χ1) is 12.3. The summed E-state index contributed by atoms with van der Waals surface area (Å²) in [6, 6.07) is 6.43. The molecule has 0 bridgehead atoms. The first-order valence-corrected chi connectivity index (χ1v) is 9.66. The molecule has 0 atom stereocenters. The average molecular weight is 401 g/mol. The van der Waals surface area contributed by atoms with Crippen LogP contribution in [-0.4, -0.2) is 31.7 Å². The summed E-state index contributed by atoms with van der Waals surface area (Å²) < 4.78 is 53.2. The van der Waals surface area contributed by atoms with E-state index in [2.05, 4.69) is 5.32 Å². The highest BCUT2D eigenvalue weighted by Gasteiger charge is 2.29. The predicted molar refractivity (Wildman–Crippen MR) is 93.8 cm³/mol. The van der Waals surface area contributed by atoms with E-state index in [1.807, 2.05) is 0 Å². The summed E-state index contributed by atoms with van der Waals surface area (Å²) in [5.41, 5.74) is -0.0664. The van der Waals surface area contributed by atoms with Crippen LogP contribution in [0.4, 0.5) is 14.5 Å². The summed E-state index contributed by atoms with van der Waals surface area (Å²) in [5.74, 6) is -2.54. The van der Waals surface area contributed by atoms with Crippen LogP contribution in [0.15, 0.2) is 41.3 Å². The van der Waals surface area contributed by atoms with Gasteiger partial charge < -0.3 is 5.32 Å². The third kappa shape index (κ3) is 3.87. The number of anilines is 1. The van der Waals surface area contributed by atoms with Gasteiger partial charge in [-0.05, 0) is 43.2 Å². The van der Waals surface area contributed by atoms with Gasteiger partial charge in [0, 0.05) is 30.4 Å². The number of sulfonamides is 1. The van der Waals surface area contributed by atoms with Crippen molar-refractivity contribution in [2.75, 3.05) is 18.4 Å². The third-order valence-corrected chi connectivity index (χ3v) is 6.38. The number of carbonyl (C=O) groups excluding carboxylic acids is 1. The number of nitrogens with one attached hydrogen (secondary N) is 1. The van der Waals surface area contributed by atoms with E-state index < -0.39 is 27.6 Å². The first kappa shape index (κ1) is 18.8. The monoisotopic (exact) mass is 400 g/mol. The van der Waals surface area contributed by atoms with Crippen LogP contribution in [0.5, 0.6) is 0 Å². The molecule has 0 saturated carbocycles. The number of hydrogen-bond acceptors (Lipinski definition) is 3. The Morgan fingerprint density at radius 2 is 1.65 bits per heavy atom. The van der Waals surface area contributed by atoms with Gasteiger partial charge >= 0.3 is 0 Å². The molecule has 2 aromatic rings. The van der Waals surface area contributed by atoms with Crippen molar-refractivity contribution in [1.82, 2.24) is 4.31 Å². The summed E-state index contributed by atoms with van der Waals surface area (Å²) >= 11 is 6.04. The van der Waals surface area contributed by atoms with Crippen molar-refractivity contribution in [3.63, 3.8) is 0 Å². The Morgan fingerprint density at radius 1 is 1.04 bits per heavy atom. The lowest BCUT2D eigenvalue weighted by Gasteiger charge is -2.17. The predicted octanol–water partition coefficient (Wildman–Crippen LogP) is 3.66. The maximum atomic E-state index is 13.3. The Balaban J connectivity index is 1.89. The fourth-order valence-corrected chi connectivity index (χ4v) is 4.75. The van der Waals surface area contributed by atoms with Gasteiger partial charge in [-0.2, -0.15) is 4.31 Å². The number of benzene rings is 2. The van der Waals surface area contributed by atoms with E-state index in [-0.39, 0.29) is 21.2 Å². The fourth-order valence-electron chi connectivity index (χ4n) is 2.73. The lowest BCUT2D eigenvalue weighted by molar-refractivity contribution is 0.102. The van der Waals surface area contributed by atoms with E-state index >= 15 is 0 Å². The van der Waals surface area contributed by atoms with Gasteiger partial charge in [0.25, 0.3) is 5.91 Å². The van der Waals surface area contributed by atoms with E-state index in [0.29, 0.717) is 19.2 Å². The standard InChI is InChI=1S/C17H15ClF2N2O3S/c18-15-4-3-14(10-16(15)26(24,25)22-5-1-2-6-22)21-17(23)11-7-12(19)9-13(20)8-11/h3-4,7-10H,1-2,5-6H2,(H,21,23). The number of halogens is 3. The number of rotatable bonds is 4. The van der Waals surface area contributed by atoms with Crippen LogP contribution in [0.1, 0.15) is 23.2 Å². The molecular weight excluding hydrogens is 386 g/mol. The van der Waals surface area contributed by atoms with Crippen LogP contribution in [0.3, 0.4) is 0 Å². The molecule has 0 unspecified atom stereocenters. The maximum Gasteiger partial charge on any atom is 0.255 e. The second-order valence-corrected chi connectivity index (χ2v) is 8.18. The van der Waals surface area contributed by atoms with Crippen molar-refractivity contribution >= 4 is 33.2 Å². The van der Waals surface area contributed by atoms with Crippen molar-refractivity contribution < 1.29 is 22.0 Å². The molecule has 9 heteroatoms. The highest BCUT2D eigenvalue weighted by molar-refractivity contribution is 7.89. The van der Waals surface area contributed by atoms with Crippen LogP contribution < -0.4 is 5.32 Å². The van der Waals surface area contributed by atoms with Gasteiger partial charge in [0.15, 0.2) is 0 Å². The molecule has 1 aliphatic heterocycles. The molecular formula is C17H15ClF2N2O3S. The van der Waals surface area contributed by atoms with Crippen molar-refractivity contribution in [3.05, 3.63) is 58.6 Å². The number of carbonyl (C=O) groups is 1. The molecule has 0 radical (unpaired) electrons. The summed E-state index contributed by atoms with van der Waals surface area (Å²) in [5, 5.41) is 2.46. The molecule has 1 heterocycles. The molecule has 1 amide bonds. The summed E-state index contributed by atoms with van der Waals surface area (Å²) in [6.07, 6.45) is 1.55. The Morgan fingerprint density at radius 3 is 2.27 bits per heavy atom. The Labute approximate surface area is 154 Å². The molecule has 3 rings (SSSR count). The van der Waals surface area contributed by atoms with Crippen LogP contribution in [0.2, 0.25) is 5.02 Å². The zero-order chi connectivity index (χ0) is 18.9. The molecule has 0 aromatic heterocycles.